The average Bonchev–Trinajstić information content (AvgIpc) is 2.99. The normalized spacial score (nSPS) is 11.0. The van der Waals surface area contributed by atoms with Crippen molar-refractivity contribution in [3.63, 3.8) is 0 Å². The van der Waals surface area contributed by atoms with Gasteiger partial charge in [0.1, 0.15) is 34.4 Å². The summed E-state index contributed by atoms with van der Waals surface area (Å²) in [5.41, 5.74) is 3.85. The van der Waals surface area contributed by atoms with Crippen molar-refractivity contribution in [2.45, 2.75) is 26.2 Å². The lowest BCUT2D eigenvalue weighted by Crippen LogP contribution is -2.13. The molecule has 264 valence electrons. The summed E-state index contributed by atoms with van der Waals surface area (Å²) in [5.74, 6) is -5.46. The number of nitrogen functional groups attached to an aromatic ring is 1. The molecule has 12 nitrogen and oxygen atoms in total. The summed E-state index contributed by atoms with van der Waals surface area (Å²) >= 11 is 5.32. The molecule has 0 amide bonds. The number of rotatable bonds is 6. The molecule has 0 aliphatic carbocycles. The number of halogens is 9. The first-order valence-corrected chi connectivity index (χ1v) is 13.5. The standard InChI is InChI=1S/C14H12F4N4O2.C8H8FNO2.C6H5ClF3N3/c1-6-3-7(12(23)24)9(15)4-10(6)21-13-20-5-8(14(16,17)18)11(19-2)22-13;1-4-2-5(8(11)12)6(9)3-7(4)10;1-11-4-3(6(8,9)10)2-12-5(7)13-4/h3-5H,1-2H3,(H,23,24)(H2,19,20,21,22);2-3H,10H2,1H3,(H,11,12);2H,1H3,(H,11,12,13). The topological polar surface area (TPSA) is 188 Å². The van der Waals surface area contributed by atoms with Gasteiger partial charge in [-0.1, -0.05) is 0 Å². The van der Waals surface area contributed by atoms with Crippen molar-refractivity contribution in [3.05, 3.63) is 87.0 Å². The zero-order valence-electron chi connectivity index (χ0n) is 25.4. The van der Waals surface area contributed by atoms with E-state index in [1.807, 2.05) is 0 Å². The molecule has 21 heteroatoms. The quantitative estimate of drug-likeness (QED) is 0.0678. The van der Waals surface area contributed by atoms with Crippen LogP contribution in [0.3, 0.4) is 0 Å². The highest BCUT2D eigenvalue weighted by atomic mass is 35.5. The summed E-state index contributed by atoms with van der Waals surface area (Å²) in [6.45, 7) is 3.14. The van der Waals surface area contributed by atoms with E-state index < -0.39 is 58.4 Å². The van der Waals surface area contributed by atoms with Gasteiger partial charge in [0.25, 0.3) is 0 Å². The zero-order valence-corrected chi connectivity index (χ0v) is 26.2. The number of anilines is 5. The van der Waals surface area contributed by atoms with E-state index in [2.05, 4.69) is 35.9 Å². The van der Waals surface area contributed by atoms with E-state index in [-0.39, 0.29) is 34.0 Å². The van der Waals surface area contributed by atoms with Crippen LogP contribution in [0.25, 0.3) is 0 Å². The number of aromatic carboxylic acids is 2. The van der Waals surface area contributed by atoms with E-state index in [9.17, 15) is 44.7 Å². The smallest absolute Gasteiger partial charge is 0.421 e. The first kappa shape index (κ1) is 39.6. The number of benzene rings is 2. The van der Waals surface area contributed by atoms with Crippen LogP contribution in [-0.2, 0) is 12.4 Å². The molecule has 0 aliphatic heterocycles. The number of hydrogen-bond donors (Lipinski definition) is 6. The number of nitrogens with zero attached hydrogens (tertiary/aromatic N) is 4. The second-order valence-corrected chi connectivity index (χ2v) is 9.76. The molecule has 0 radical (unpaired) electrons. The van der Waals surface area contributed by atoms with E-state index in [1.165, 1.54) is 27.1 Å². The van der Waals surface area contributed by atoms with Gasteiger partial charge in [-0.2, -0.15) is 31.3 Å². The monoisotopic (exact) mass is 724 g/mol. The molecule has 0 atom stereocenters. The molecule has 0 bridgehead atoms. The minimum atomic E-state index is -4.62. The van der Waals surface area contributed by atoms with Gasteiger partial charge in [0.2, 0.25) is 11.2 Å². The molecule has 2 aromatic carbocycles. The van der Waals surface area contributed by atoms with Crippen molar-refractivity contribution in [2.75, 3.05) is 35.8 Å². The summed E-state index contributed by atoms with van der Waals surface area (Å²) in [6, 6.07) is 4.24. The SMILES string of the molecule is CNc1nc(Cl)ncc1C(F)(F)F.CNc1nc(Nc2cc(F)c(C(=O)O)cc2C)ncc1C(F)(F)F.Cc1cc(C(=O)O)c(F)cc1N. The summed E-state index contributed by atoms with van der Waals surface area (Å²) in [4.78, 5) is 35.1. The highest BCUT2D eigenvalue weighted by molar-refractivity contribution is 6.28. The Morgan fingerprint density at radius 1 is 0.755 bits per heavy atom. The lowest BCUT2D eigenvalue weighted by Gasteiger charge is -2.14. The van der Waals surface area contributed by atoms with Crippen molar-refractivity contribution in [2.24, 2.45) is 0 Å². The van der Waals surface area contributed by atoms with Gasteiger partial charge >= 0.3 is 24.3 Å². The van der Waals surface area contributed by atoms with Crippen LogP contribution in [0.2, 0.25) is 5.28 Å². The number of nitrogens with two attached hydrogens (primary N) is 1. The molecule has 2 aromatic heterocycles. The van der Waals surface area contributed by atoms with E-state index in [0.29, 0.717) is 23.5 Å². The first-order chi connectivity index (χ1) is 22.6. The second kappa shape index (κ2) is 16.0. The van der Waals surface area contributed by atoms with Crippen molar-refractivity contribution in [3.8, 4) is 0 Å². The Hall–Kier alpha value is -5.53. The predicted octanol–water partition coefficient (Wildman–Crippen LogP) is 7.03. The highest BCUT2D eigenvalue weighted by Gasteiger charge is 2.35. The lowest BCUT2D eigenvalue weighted by molar-refractivity contribution is -0.138. The van der Waals surface area contributed by atoms with E-state index in [4.69, 9.17) is 27.5 Å². The fourth-order valence-corrected chi connectivity index (χ4v) is 3.69. The van der Waals surface area contributed by atoms with Gasteiger partial charge in [0, 0.05) is 37.9 Å². The molecule has 0 aliphatic rings. The number of carboxylic acid groups (broad SMARTS) is 2. The minimum Gasteiger partial charge on any atom is -0.478 e. The van der Waals surface area contributed by atoms with Gasteiger partial charge in [0.15, 0.2) is 0 Å². The second-order valence-electron chi connectivity index (χ2n) is 9.42. The molecule has 49 heavy (non-hydrogen) atoms. The van der Waals surface area contributed by atoms with Gasteiger partial charge in [-0.25, -0.2) is 33.3 Å². The molecule has 0 unspecified atom stereocenters. The maximum absolute atomic E-state index is 13.7. The molecule has 0 saturated heterocycles. The van der Waals surface area contributed by atoms with Crippen LogP contribution in [0.4, 0.5) is 64.1 Å². The minimum absolute atomic E-state index is 0.138. The Kier molecular flexibility index (Phi) is 13.0. The number of aromatic nitrogens is 4. The van der Waals surface area contributed by atoms with Crippen LogP contribution in [0.1, 0.15) is 43.0 Å². The molecule has 0 spiro atoms. The number of nitrogens with one attached hydrogen (secondary N) is 3. The van der Waals surface area contributed by atoms with Crippen LogP contribution in [-0.4, -0.2) is 56.2 Å². The largest absolute Gasteiger partial charge is 0.478 e. The predicted molar refractivity (Wildman–Crippen MR) is 162 cm³/mol. The third-order valence-corrected chi connectivity index (χ3v) is 6.19. The van der Waals surface area contributed by atoms with Crippen molar-refractivity contribution in [1.82, 2.24) is 19.9 Å². The average molecular weight is 725 g/mol. The van der Waals surface area contributed by atoms with Crippen molar-refractivity contribution >= 4 is 52.5 Å². The molecule has 0 saturated carbocycles. The summed E-state index contributed by atoms with van der Waals surface area (Å²) in [6.07, 6.45) is -7.86. The van der Waals surface area contributed by atoms with Crippen LogP contribution in [0.5, 0.6) is 0 Å². The fourth-order valence-electron chi connectivity index (χ4n) is 3.56. The van der Waals surface area contributed by atoms with Crippen LogP contribution >= 0.6 is 11.6 Å². The van der Waals surface area contributed by atoms with Crippen LogP contribution in [0, 0.1) is 25.5 Å². The van der Waals surface area contributed by atoms with E-state index in [1.54, 1.807) is 6.92 Å². The summed E-state index contributed by atoms with van der Waals surface area (Å²) in [7, 11) is 2.60. The Balaban J connectivity index is 0.000000281. The Morgan fingerprint density at radius 2 is 1.20 bits per heavy atom. The Labute approximate surface area is 276 Å². The molecule has 0 fully saturated rings. The van der Waals surface area contributed by atoms with Crippen molar-refractivity contribution < 1.29 is 54.9 Å². The molecule has 2 heterocycles. The summed E-state index contributed by atoms with van der Waals surface area (Å²) in [5, 5.41) is 24.3. The van der Waals surface area contributed by atoms with E-state index >= 15 is 0 Å². The third kappa shape index (κ3) is 10.7. The summed E-state index contributed by atoms with van der Waals surface area (Å²) < 4.78 is 102. The maximum Gasteiger partial charge on any atom is 0.421 e. The van der Waals surface area contributed by atoms with E-state index in [0.717, 1.165) is 18.2 Å². The molecular formula is C28H25ClF8N8O4. The van der Waals surface area contributed by atoms with Gasteiger partial charge in [0.05, 0.1) is 11.1 Å². The lowest BCUT2D eigenvalue weighted by atomic mass is 10.1. The number of carbonyl (C=O) groups is 2. The van der Waals surface area contributed by atoms with Crippen LogP contribution < -0.4 is 21.7 Å². The number of alkyl halides is 6. The van der Waals surface area contributed by atoms with Crippen LogP contribution in [0.15, 0.2) is 36.7 Å². The molecule has 4 aromatic rings. The maximum atomic E-state index is 13.7. The zero-order chi connectivity index (χ0) is 37.4. The molecule has 7 N–H and O–H groups in total. The van der Waals surface area contributed by atoms with Gasteiger partial charge in [-0.05, 0) is 60.8 Å². The third-order valence-electron chi connectivity index (χ3n) is 6.01. The van der Waals surface area contributed by atoms with Gasteiger partial charge in [-0.15, -0.1) is 0 Å². The molecular weight excluding hydrogens is 700 g/mol. The Bertz CT molecular complexity index is 1840. The Morgan fingerprint density at radius 3 is 1.67 bits per heavy atom. The van der Waals surface area contributed by atoms with Crippen molar-refractivity contribution in [1.29, 1.82) is 0 Å². The van der Waals surface area contributed by atoms with Gasteiger partial charge in [-0.3, -0.25) is 0 Å². The molecule has 4 rings (SSSR count). The fraction of sp³-hybridized carbons (Fsp3) is 0.214. The highest BCUT2D eigenvalue weighted by Crippen LogP contribution is 2.35. The number of carboxylic acids is 2. The first-order valence-electron chi connectivity index (χ1n) is 13.1. The van der Waals surface area contributed by atoms with Gasteiger partial charge < -0.3 is 31.9 Å². The number of aryl methyl sites for hydroxylation is 2. The number of hydrogen-bond acceptors (Lipinski definition) is 10.